The van der Waals surface area contributed by atoms with Crippen LogP contribution in [0, 0.1) is 0 Å². The summed E-state index contributed by atoms with van der Waals surface area (Å²) in [5, 5.41) is 3.60. The zero-order valence-electron chi connectivity index (χ0n) is 11.6. The maximum Gasteiger partial charge on any atom is 0.0465 e. The number of anilines is 2. The molecule has 2 aromatic rings. The lowest BCUT2D eigenvalue weighted by atomic mass is 10.1. The lowest BCUT2D eigenvalue weighted by Crippen LogP contribution is -2.19. The highest BCUT2D eigenvalue weighted by Crippen LogP contribution is 2.30. The largest absolute Gasteiger partial charge is 0.344 e. The van der Waals surface area contributed by atoms with Gasteiger partial charge in [-0.15, -0.1) is 0 Å². The summed E-state index contributed by atoms with van der Waals surface area (Å²) in [6.07, 6.45) is 2.64. The minimum Gasteiger partial charge on any atom is -0.344 e. The summed E-state index contributed by atoms with van der Waals surface area (Å²) >= 11 is 3.58. The topological polar surface area (TPSA) is 15.3 Å². The zero-order chi connectivity index (χ0) is 13.9. The minimum atomic E-state index is 0.730. The minimum absolute atomic E-state index is 0.730. The van der Waals surface area contributed by atoms with Crippen molar-refractivity contribution in [3.05, 3.63) is 58.6 Å². The number of rotatable bonds is 5. The fourth-order valence-corrected chi connectivity index (χ4v) is 2.68. The van der Waals surface area contributed by atoms with Crippen molar-refractivity contribution in [1.29, 1.82) is 0 Å². The van der Waals surface area contributed by atoms with Gasteiger partial charge in [-0.25, -0.2) is 0 Å². The molecule has 0 radical (unpaired) electrons. The van der Waals surface area contributed by atoms with Crippen molar-refractivity contribution in [3.8, 4) is 0 Å². The summed E-state index contributed by atoms with van der Waals surface area (Å²) in [6, 6.07) is 17.7. The average molecular weight is 331 g/mol. The van der Waals surface area contributed by atoms with Crippen LogP contribution in [0.5, 0.6) is 0 Å². The van der Waals surface area contributed by atoms with Crippen LogP contribution in [0.15, 0.2) is 53.0 Å². The number of nitrogens with zero attached hydrogens (tertiary/aromatic N) is 1. The second-order valence-electron chi connectivity index (χ2n) is 5.32. The molecule has 0 heterocycles. The van der Waals surface area contributed by atoms with Crippen molar-refractivity contribution in [1.82, 2.24) is 5.32 Å². The monoisotopic (exact) mass is 330 g/mol. The smallest absolute Gasteiger partial charge is 0.0465 e. The van der Waals surface area contributed by atoms with Crippen LogP contribution in [0.4, 0.5) is 11.4 Å². The van der Waals surface area contributed by atoms with E-state index in [0.29, 0.717) is 0 Å². The van der Waals surface area contributed by atoms with Crippen LogP contribution < -0.4 is 10.2 Å². The van der Waals surface area contributed by atoms with Crippen LogP contribution in [-0.2, 0) is 6.54 Å². The van der Waals surface area contributed by atoms with E-state index in [4.69, 9.17) is 0 Å². The van der Waals surface area contributed by atoms with E-state index < -0.39 is 0 Å². The number of hydrogen-bond acceptors (Lipinski definition) is 2. The van der Waals surface area contributed by atoms with E-state index in [0.717, 1.165) is 17.1 Å². The lowest BCUT2D eigenvalue weighted by Gasteiger charge is -2.23. The van der Waals surface area contributed by atoms with Gasteiger partial charge in [-0.05, 0) is 42.7 Å². The predicted molar refractivity (Wildman–Crippen MR) is 88.5 cm³/mol. The standard InChI is InChI=1S/C17H19BrN2/c1-20(16-5-3-2-4-6-16)17-11-14(18)8-7-13(17)12-19-15-9-10-15/h2-8,11,15,19H,9-10,12H2,1H3. The molecule has 1 fully saturated rings. The van der Waals surface area contributed by atoms with E-state index in [2.05, 4.69) is 75.7 Å². The number of halogens is 1. The van der Waals surface area contributed by atoms with Gasteiger partial charge in [0, 0.05) is 35.5 Å². The van der Waals surface area contributed by atoms with E-state index in [-0.39, 0.29) is 0 Å². The predicted octanol–water partition coefficient (Wildman–Crippen LogP) is 4.47. The Kier molecular flexibility index (Phi) is 4.08. The summed E-state index contributed by atoms with van der Waals surface area (Å²) in [7, 11) is 2.12. The Balaban J connectivity index is 1.87. The first-order valence-electron chi connectivity index (χ1n) is 7.04. The van der Waals surface area contributed by atoms with E-state index in [1.807, 2.05) is 6.07 Å². The molecule has 1 aliphatic carbocycles. The summed E-state index contributed by atoms with van der Waals surface area (Å²) < 4.78 is 1.12. The van der Waals surface area contributed by atoms with Crippen molar-refractivity contribution in [2.75, 3.05) is 11.9 Å². The van der Waals surface area contributed by atoms with Crippen LogP contribution >= 0.6 is 15.9 Å². The molecule has 3 rings (SSSR count). The molecule has 0 aliphatic heterocycles. The fourth-order valence-electron chi connectivity index (χ4n) is 2.33. The Bertz CT molecular complexity index is 579. The van der Waals surface area contributed by atoms with Gasteiger partial charge in [-0.2, -0.15) is 0 Å². The Hall–Kier alpha value is -1.32. The maximum absolute atomic E-state index is 3.60. The summed E-state index contributed by atoms with van der Waals surface area (Å²) in [6.45, 7) is 0.935. The highest BCUT2D eigenvalue weighted by atomic mass is 79.9. The molecule has 20 heavy (non-hydrogen) atoms. The van der Waals surface area contributed by atoms with Gasteiger partial charge < -0.3 is 10.2 Å². The average Bonchev–Trinajstić information content (AvgIpc) is 3.30. The maximum atomic E-state index is 3.60. The van der Waals surface area contributed by atoms with Gasteiger partial charge in [-0.1, -0.05) is 40.2 Å². The first kappa shape index (κ1) is 13.7. The Labute approximate surface area is 128 Å². The van der Waals surface area contributed by atoms with Gasteiger partial charge in [0.05, 0.1) is 0 Å². The molecular weight excluding hydrogens is 312 g/mol. The fraction of sp³-hybridized carbons (Fsp3) is 0.294. The molecule has 2 nitrogen and oxygen atoms in total. The highest BCUT2D eigenvalue weighted by molar-refractivity contribution is 9.10. The molecule has 1 aliphatic rings. The Morgan fingerprint density at radius 2 is 1.90 bits per heavy atom. The third-order valence-electron chi connectivity index (χ3n) is 3.71. The molecular formula is C17H19BrN2. The van der Waals surface area contributed by atoms with Crippen molar-refractivity contribution in [3.63, 3.8) is 0 Å². The van der Waals surface area contributed by atoms with Crippen LogP contribution in [0.2, 0.25) is 0 Å². The normalized spacial score (nSPS) is 14.3. The van der Waals surface area contributed by atoms with Gasteiger partial charge in [0.2, 0.25) is 0 Å². The summed E-state index contributed by atoms with van der Waals surface area (Å²) in [4.78, 5) is 2.24. The molecule has 0 atom stereocenters. The molecule has 1 N–H and O–H groups in total. The van der Waals surface area contributed by atoms with E-state index >= 15 is 0 Å². The van der Waals surface area contributed by atoms with Crippen molar-refractivity contribution >= 4 is 27.3 Å². The van der Waals surface area contributed by atoms with Gasteiger partial charge in [0.1, 0.15) is 0 Å². The lowest BCUT2D eigenvalue weighted by molar-refractivity contribution is 0.687. The van der Waals surface area contributed by atoms with Gasteiger partial charge in [0.15, 0.2) is 0 Å². The van der Waals surface area contributed by atoms with Crippen LogP contribution in [-0.4, -0.2) is 13.1 Å². The Morgan fingerprint density at radius 3 is 2.60 bits per heavy atom. The molecule has 104 valence electrons. The quantitative estimate of drug-likeness (QED) is 0.870. The van der Waals surface area contributed by atoms with Gasteiger partial charge in [0.25, 0.3) is 0 Å². The molecule has 0 unspecified atom stereocenters. The molecule has 0 aromatic heterocycles. The number of benzene rings is 2. The molecule has 0 bridgehead atoms. The van der Waals surface area contributed by atoms with E-state index in [1.165, 1.54) is 29.8 Å². The molecule has 2 aromatic carbocycles. The molecule has 3 heteroatoms. The van der Waals surface area contributed by atoms with Gasteiger partial charge in [-0.3, -0.25) is 0 Å². The number of hydrogen-bond donors (Lipinski definition) is 1. The summed E-state index contributed by atoms with van der Waals surface area (Å²) in [5.74, 6) is 0. The molecule has 0 amide bonds. The first-order chi connectivity index (χ1) is 9.74. The van der Waals surface area contributed by atoms with Crippen LogP contribution in [0.3, 0.4) is 0 Å². The van der Waals surface area contributed by atoms with Crippen LogP contribution in [0.25, 0.3) is 0 Å². The van der Waals surface area contributed by atoms with Crippen molar-refractivity contribution in [2.24, 2.45) is 0 Å². The number of nitrogens with one attached hydrogen (secondary N) is 1. The highest BCUT2D eigenvalue weighted by Gasteiger charge is 2.21. The van der Waals surface area contributed by atoms with Crippen molar-refractivity contribution < 1.29 is 0 Å². The first-order valence-corrected chi connectivity index (χ1v) is 7.84. The third kappa shape index (κ3) is 3.22. The Morgan fingerprint density at radius 1 is 1.15 bits per heavy atom. The van der Waals surface area contributed by atoms with Gasteiger partial charge >= 0.3 is 0 Å². The SMILES string of the molecule is CN(c1ccccc1)c1cc(Br)ccc1CNC1CC1. The van der Waals surface area contributed by atoms with E-state index in [1.54, 1.807) is 0 Å². The summed E-state index contributed by atoms with van der Waals surface area (Å²) in [5.41, 5.74) is 3.79. The number of para-hydroxylation sites is 1. The van der Waals surface area contributed by atoms with E-state index in [9.17, 15) is 0 Å². The second-order valence-corrected chi connectivity index (χ2v) is 6.24. The molecule has 0 saturated heterocycles. The third-order valence-corrected chi connectivity index (χ3v) is 4.20. The molecule has 0 spiro atoms. The van der Waals surface area contributed by atoms with Crippen LogP contribution in [0.1, 0.15) is 18.4 Å². The molecule has 1 saturated carbocycles. The second kappa shape index (κ2) is 5.98. The zero-order valence-corrected chi connectivity index (χ0v) is 13.2. The van der Waals surface area contributed by atoms with Crippen molar-refractivity contribution in [2.45, 2.75) is 25.4 Å².